The van der Waals surface area contributed by atoms with E-state index in [0.29, 0.717) is 6.42 Å². The number of amides is 2. The van der Waals surface area contributed by atoms with Crippen LogP contribution in [0.25, 0.3) is 11.1 Å². The van der Waals surface area contributed by atoms with Crippen LogP contribution in [0, 0.1) is 5.92 Å². The Morgan fingerprint density at radius 3 is 2.32 bits per heavy atom. The highest BCUT2D eigenvalue weighted by molar-refractivity contribution is 5.81. The Kier molecular flexibility index (Phi) is 6.24. The van der Waals surface area contributed by atoms with Crippen molar-refractivity contribution in [3.05, 3.63) is 59.7 Å². The molecule has 8 heteroatoms. The number of hydrogen-bond acceptors (Lipinski definition) is 5. The van der Waals surface area contributed by atoms with Crippen molar-refractivity contribution in [3.8, 4) is 11.1 Å². The highest BCUT2D eigenvalue weighted by Gasteiger charge is 2.51. The van der Waals surface area contributed by atoms with Gasteiger partial charge in [-0.3, -0.25) is 9.59 Å². The molecule has 2 fully saturated rings. The second kappa shape index (κ2) is 9.46. The maximum atomic E-state index is 12.5. The lowest BCUT2D eigenvalue weighted by Crippen LogP contribution is -2.40. The molecule has 0 saturated carbocycles. The molecular weight excluding hydrogens is 436 g/mol. The molecule has 34 heavy (non-hydrogen) atoms. The molecule has 2 aliphatic heterocycles. The van der Waals surface area contributed by atoms with Gasteiger partial charge in [-0.15, -0.1) is 0 Å². The molecule has 8 nitrogen and oxygen atoms in total. The summed E-state index contributed by atoms with van der Waals surface area (Å²) in [5, 5.41) is 12.0. The maximum absolute atomic E-state index is 12.5. The molecule has 2 heterocycles. The molecule has 2 amide bonds. The van der Waals surface area contributed by atoms with Gasteiger partial charge in [-0.25, -0.2) is 4.79 Å². The summed E-state index contributed by atoms with van der Waals surface area (Å²) < 4.78 is 10.9. The lowest BCUT2D eigenvalue weighted by atomic mass is 9.89. The number of alkyl carbamates (subject to hydrolysis) is 1. The Hall–Kier alpha value is -3.39. The molecule has 0 unspecified atom stereocenters. The van der Waals surface area contributed by atoms with E-state index in [1.54, 1.807) is 4.90 Å². The van der Waals surface area contributed by atoms with Crippen LogP contribution in [-0.2, 0) is 19.1 Å². The summed E-state index contributed by atoms with van der Waals surface area (Å²) >= 11 is 0. The lowest BCUT2D eigenvalue weighted by Gasteiger charge is -2.23. The number of carboxylic acids is 1. The summed E-state index contributed by atoms with van der Waals surface area (Å²) in [4.78, 5) is 37.8. The number of carboxylic acid groups (broad SMARTS) is 1. The van der Waals surface area contributed by atoms with E-state index >= 15 is 0 Å². The summed E-state index contributed by atoms with van der Waals surface area (Å²) in [6.45, 7) is 0.503. The van der Waals surface area contributed by atoms with Crippen LogP contribution in [0.2, 0.25) is 0 Å². The van der Waals surface area contributed by atoms with Crippen LogP contribution in [0.4, 0.5) is 4.79 Å². The van der Waals surface area contributed by atoms with Crippen LogP contribution < -0.4 is 5.32 Å². The van der Waals surface area contributed by atoms with Gasteiger partial charge in [0, 0.05) is 24.5 Å². The minimum atomic E-state index is -0.835. The van der Waals surface area contributed by atoms with Crippen molar-refractivity contribution in [2.24, 2.45) is 5.92 Å². The number of aliphatic carboxylic acids is 1. The van der Waals surface area contributed by atoms with Crippen LogP contribution in [0.15, 0.2) is 48.5 Å². The van der Waals surface area contributed by atoms with Gasteiger partial charge in [0.1, 0.15) is 13.2 Å². The number of carbonyl (C=O) groups excluding carboxylic acids is 2. The molecule has 3 atom stereocenters. The second-order valence-corrected chi connectivity index (χ2v) is 9.08. The second-order valence-electron chi connectivity index (χ2n) is 9.08. The van der Waals surface area contributed by atoms with E-state index in [2.05, 4.69) is 29.6 Å². The van der Waals surface area contributed by atoms with Gasteiger partial charge in [0.05, 0.1) is 12.5 Å². The zero-order chi connectivity index (χ0) is 23.7. The molecule has 3 aliphatic rings. The SMILES string of the molecule is O=C(NCCOCC(=O)N1[C@H]2CC[C@@H]1[C@H](C(=O)O)C2)OCC1c2ccccc2-c2ccccc21. The maximum Gasteiger partial charge on any atom is 0.407 e. The lowest BCUT2D eigenvalue weighted by molar-refractivity contribution is -0.143. The summed E-state index contributed by atoms with van der Waals surface area (Å²) in [7, 11) is 0. The third-order valence-corrected chi connectivity index (χ3v) is 7.23. The van der Waals surface area contributed by atoms with E-state index in [1.165, 1.54) is 11.1 Å². The third kappa shape index (κ3) is 4.14. The first-order valence-corrected chi connectivity index (χ1v) is 11.7. The molecule has 5 rings (SSSR count). The Morgan fingerprint density at radius 2 is 1.68 bits per heavy atom. The number of benzene rings is 2. The van der Waals surface area contributed by atoms with E-state index in [0.717, 1.165) is 24.0 Å². The van der Waals surface area contributed by atoms with Crippen LogP contribution >= 0.6 is 0 Å². The van der Waals surface area contributed by atoms with E-state index in [-0.39, 0.29) is 50.3 Å². The first kappa shape index (κ1) is 22.4. The molecule has 2 bridgehead atoms. The standard InChI is InChI=1S/C26H28N2O6/c29-24(28-16-9-10-23(28)21(13-16)25(30)31)15-33-12-11-27-26(32)34-14-22-19-7-3-1-5-17(19)18-6-2-4-8-20(18)22/h1-8,16,21-23H,9-15H2,(H,27,32)(H,30,31)/t16-,21+,23+/m0/s1. The van der Waals surface area contributed by atoms with Gasteiger partial charge < -0.3 is 24.8 Å². The molecule has 0 spiro atoms. The molecular formula is C26H28N2O6. The Balaban J connectivity index is 1.04. The quantitative estimate of drug-likeness (QED) is 0.582. The van der Waals surface area contributed by atoms with E-state index in [1.807, 2.05) is 24.3 Å². The van der Waals surface area contributed by atoms with E-state index in [9.17, 15) is 19.5 Å². The molecule has 0 radical (unpaired) electrons. The number of carbonyl (C=O) groups is 3. The molecule has 2 N–H and O–H groups in total. The Morgan fingerprint density at radius 1 is 1.00 bits per heavy atom. The molecule has 178 valence electrons. The van der Waals surface area contributed by atoms with Gasteiger partial charge in [0.2, 0.25) is 5.91 Å². The number of hydrogen-bond donors (Lipinski definition) is 2. The fraction of sp³-hybridized carbons (Fsp3) is 0.423. The van der Waals surface area contributed by atoms with Crippen LogP contribution in [0.1, 0.15) is 36.3 Å². The van der Waals surface area contributed by atoms with Gasteiger partial charge >= 0.3 is 12.1 Å². The van der Waals surface area contributed by atoms with Crippen LogP contribution in [-0.4, -0.2) is 66.4 Å². The zero-order valence-electron chi connectivity index (χ0n) is 18.8. The summed E-state index contributed by atoms with van der Waals surface area (Å²) in [5.41, 5.74) is 4.65. The molecule has 2 saturated heterocycles. The van der Waals surface area contributed by atoms with E-state index in [4.69, 9.17) is 9.47 Å². The van der Waals surface area contributed by atoms with Crippen molar-refractivity contribution in [2.75, 3.05) is 26.4 Å². The van der Waals surface area contributed by atoms with Crippen molar-refractivity contribution in [3.63, 3.8) is 0 Å². The van der Waals surface area contributed by atoms with Crippen molar-refractivity contribution in [1.29, 1.82) is 0 Å². The van der Waals surface area contributed by atoms with Gasteiger partial charge in [-0.05, 0) is 41.5 Å². The van der Waals surface area contributed by atoms with Gasteiger partial charge in [-0.2, -0.15) is 0 Å². The monoisotopic (exact) mass is 464 g/mol. The Labute approximate surface area is 197 Å². The average Bonchev–Trinajstić information content (AvgIpc) is 3.52. The van der Waals surface area contributed by atoms with Crippen molar-refractivity contribution in [1.82, 2.24) is 10.2 Å². The van der Waals surface area contributed by atoms with Gasteiger partial charge in [0.25, 0.3) is 0 Å². The van der Waals surface area contributed by atoms with E-state index < -0.39 is 18.0 Å². The smallest absolute Gasteiger partial charge is 0.407 e. The van der Waals surface area contributed by atoms with Crippen molar-refractivity contribution < 1.29 is 29.0 Å². The van der Waals surface area contributed by atoms with Crippen molar-refractivity contribution >= 4 is 18.0 Å². The highest BCUT2D eigenvalue weighted by atomic mass is 16.5. The van der Waals surface area contributed by atoms with Crippen molar-refractivity contribution in [2.45, 2.75) is 37.3 Å². The number of rotatable bonds is 8. The van der Waals surface area contributed by atoms with Gasteiger partial charge in [0.15, 0.2) is 0 Å². The van der Waals surface area contributed by atoms with Crippen LogP contribution in [0.5, 0.6) is 0 Å². The summed E-state index contributed by atoms with van der Waals surface area (Å²) in [6, 6.07) is 16.1. The largest absolute Gasteiger partial charge is 0.481 e. The number of nitrogens with one attached hydrogen (secondary N) is 1. The summed E-state index contributed by atoms with van der Waals surface area (Å²) in [5.74, 6) is -1.49. The zero-order valence-corrected chi connectivity index (χ0v) is 18.8. The number of fused-ring (bicyclic) bond motifs is 5. The number of nitrogens with zero attached hydrogens (tertiary/aromatic N) is 1. The molecule has 2 aromatic rings. The Bertz CT molecular complexity index is 1060. The molecule has 1 aliphatic carbocycles. The fourth-order valence-electron chi connectivity index (χ4n) is 5.75. The topological polar surface area (TPSA) is 105 Å². The first-order chi connectivity index (χ1) is 16.5. The normalized spacial score (nSPS) is 22.4. The third-order valence-electron chi connectivity index (χ3n) is 7.23. The fourth-order valence-corrected chi connectivity index (χ4v) is 5.75. The predicted molar refractivity (Wildman–Crippen MR) is 123 cm³/mol. The highest BCUT2D eigenvalue weighted by Crippen LogP contribution is 2.44. The average molecular weight is 465 g/mol. The minimum Gasteiger partial charge on any atom is -0.481 e. The molecule has 0 aromatic heterocycles. The summed E-state index contributed by atoms with van der Waals surface area (Å²) in [6.07, 6.45) is 1.58. The number of ether oxygens (including phenoxy) is 2. The van der Waals surface area contributed by atoms with Crippen LogP contribution in [0.3, 0.4) is 0 Å². The molecule has 2 aromatic carbocycles. The van der Waals surface area contributed by atoms with Gasteiger partial charge in [-0.1, -0.05) is 48.5 Å². The predicted octanol–water partition coefficient (Wildman–Crippen LogP) is 3.01. The first-order valence-electron chi connectivity index (χ1n) is 11.7. The minimum absolute atomic E-state index is 0.00107.